The predicted molar refractivity (Wildman–Crippen MR) is 62.6 cm³/mol. The second-order valence-electron chi connectivity index (χ2n) is 5.73. The fraction of sp³-hybridized carbons (Fsp3) is 0.833. The molecule has 98 valence electrons. The van der Waals surface area contributed by atoms with Gasteiger partial charge in [-0.05, 0) is 41.5 Å². The molecule has 5 heteroatoms. The lowest BCUT2D eigenvalue weighted by Crippen LogP contribution is -2.51. The van der Waals surface area contributed by atoms with Gasteiger partial charge in [-0.25, -0.2) is 4.79 Å². The average molecular weight is 243 g/mol. The van der Waals surface area contributed by atoms with Crippen molar-refractivity contribution in [1.29, 1.82) is 0 Å². The van der Waals surface area contributed by atoms with E-state index >= 15 is 0 Å². The fourth-order valence-corrected chi connectivity index (χ4v) is 1.76. The Morgan fingerprint density at radius 2 is 1.88 bits per heavy atom. The summed E-state index contributed by atoms with van der Waals surface area (Å²) in [6.45, 7) is 10.5. The largest absolute Gasteiger partial charge is 0.444 e. The Morgan fingerprint density at radius 1 is 1.35 bits per heavy atom. The zero-order valence-corrected chi connectivity index (χ0v) is 11.4. The highest BCUT2D eigenvalue weighted by atomic mass is 16.6. The first kappa shape index (κ1) is 14.0. The van der Waals surface area contributed by atoms with Gasteiger partial charge in [-0.2, -0.15) is 0 Å². The number of carbonyl (C=O) groups is 2. The van der Waals surface area contributed by atoms with Gasteiger partial charge in [0.25, 0.3) is 0 Å². The summed E-state index contributed by atoms with van der Waals surface area (Å²) in [7, 11) is 0. The Bertz CT molecular complexity index is 330. The first-order chi connectivity index (χ1) is 7.54. The number of ether oxygens (including phenoxy) is 2. The minimum Gasteiger partial charge on any atom is -0.444 e. The van der Waals surface area contributed by atoms with E-state index in [1.807, 2.05) is 0 Å². The van der Waals surface area contributed by atoms with E-state index in [9.17, 15) is 9.59 Å². The summed E-state index contributed by atoms with van der Waals surface area (Å²) in [4.78, 5) is 24.9. The number of nitrogens with zero attached hydrogens (tertiary/aromatic N) is 1. The number of hydrogen-bond acceptors (Lipinski definition) is 4. The molecule has 17 heavy (non-hydrogen) atoms. The maximum absolute atomic E-state index is 12.1. The normalized spacial score (nSPS) is 23.6. The average Bonchev–Trinajstić information content (AvgIpc) is 2.37. The Kier molecular flexibility index (Phi) is 3.52. The van der Waals surface area contributed by atoms with Crippen LogP contribution in [0.5, 0.6) is 0 Å². The molecule has 1 aliphatic rings. The summed E-state index contributed by atoms with van der Waals surface area (Å²) in [5, 5.41) is 0. The molecule has 0 saturated carbocycles. The van der Waals surface area contributed by atoms with Gasteiger partial charge in [0.1, 0.15) is 17.4 Å². The zero-order valence-electron chi connectivity index (χ0n) is 11.4. The molecule has 1 saturated heterocycles. The Labute approximate surface area is 102 Å². The number of amides is 1. The van der Waals surface area contributed by atoms with Gasteiger partial charge in [-0.3, -0.25) is 9.69 Å². The summed E-state index contributed by atoms with van der Waals surface area (Å²) < 4.78 is 10.8. The molecule has 5 nitrogen and oxygen atoms in total. The zero-order chi connectivity index (χ0) is 13.4. The molecule has 0 N–H and O–H groups in total. The molecule has 1 rings (SSSR count). The van der Waals surface area contributed by atoms with E-state index in [4.69, 9.17) is 9.47 Å². The Balaban J connectivity index is 2.90. The highest BCUT2D eigenvalue weighted by Gasteiger charge is 2.47. The van der Waals surface area contributed by atoms with E-state index in [0.29, 0.717) is 0 Å². The summed E-state index contributed by atoms with van der Waals surface area (Å²) in [5.41, 5.74) is -1.39. The number of rotatable bonds is 1. The number of Topliss-reactive ketones (excluding diaryl/α,β-unsaturated/α-hetero) is 1. The van der Waals surface area contributed by atoms with E-state index in [-0.39, 0.29) is 12.4 Å². The molecular formula is C12H21NO4. The highest BCUT2D eigenvalue weighted by molar-refractivity contribution is 5.86. The van der Waals surface area contributed by atoms with Crippen molar-refractivity contribution in [2.24, 2.45) is 0 Å². The van der Waals surface area contributed by atoms with Crippen molar-refractivity contribution in [2.75, 3.05) is 6.61 Å². The van der Waals surface area contributed by atoms with Crippen LogP contribution < -0.4 is 0 Å². The fourth-order valence-electron chi connectivity index (χ4n) is 1.76. The summed E-state index contributed by atoms with van der Waals surface area (Å²) in [6.07, 6.45) is -0.514. The van der Waals surface area contributed by atoms with Gasteiger partial charge >= 0.3 is 6.09 Å². The van der Waals surface area contributed by atoms with Crippen molar-refractivity contribution in [3.05, 3.63) is 0 Å². The van der Waals surface area contributed by atoms with Crippen LogP contribution >= 0.6 is 0 Å². The van der Waals surface area contributed by atoms with Gasteiger partial charge in [-0.15, -0.1) is 0 Å². The van der Waals surface area contributed by atoms with E-state index in [1.165, 1.54) is 11.8 Å². The van der Waals surface area contributed by atoms with Crippen molar-refractivity contribution in [3.63, 3.8) is 0 Å². The van der Waals surface area contributed by atoms with E-state index < -0.39 is 23.5 Å². The topological polar surface area (TPSA) is 55.8 Å². The highest BCUT2D eigenvalue weighted by Crippen LogP contribution is 2.29. The van der Waals surface area contributed by atoms with Crippen LogP contribution in [-0.4, -0.2) is 40.8 Å². The van der Waals surface area contributed by atoms with Crippen LogP contribution in [0.1, 0.15) is 41.5 Å². The van der Waals surface area contributed by atoms with Gasteiger partial charge in [0.05, 0.1) is 6.61 Å². The van der Waals surface area contributed by atoms with Gasteiger partial charge in [0, 0.05) is 0 Å². The second kappa shape index (κ2) is 4.29. The standard InChI is InChI=1S/C12H21NO4/c1-8(14)9-7-16-12(5,6)13(9)10(15)17-11(2,3)4/h9H,7H2,1-6H3/t9-/m0/s1. The molecule has 1 fully saturated rings. The molecule has 0 bridgehead atoms. The van der Waals surface area contributed by atoms with Crippen LogP contribution in [0.4, 0.5) is 4.79 Å². The Morgan fingerprint density at radius 3 is 2.29 bits per heavy atom. The first-order valence-corrected chi connectivity index (χ1v) is 5.71. The van der Waals surface area contributed by atoms with Gasteiger partial charge in [0.2, 0.25) is 0 Å². The lowest BCUT2D eigenvalue weighted by atomic mass is 10.1. The van der Waals surface area contributed by atoms with Crippen LogP contribution in [0.25, 0.3) is 0 Å². The molecule has 1 heterocycles. The summed E-state index contributed by atoms with van der Waals surface area (Å²) in [6, 6.07) is -0.556. The maximum atomic E-state index is 12.1. The summed E-state index contributed by atoms with van der Waals surface area (Å²) >= 11 is 0. The maximum Gasteiger partial charge on any atom is 0.413 e. The Hall–Kier alpha value is -1.10. The lowest BCUT2D eigenvalue weighted by molar-refractivity contribution is -0.122. The van der Waals surface area contributed by atoms with Gasteiger partial charge in [0.15, 0.2) is 5.78 Å². The molecule has 1 atom stereocenters. The SMILES string of the molecule is CC(=O)[C@@H]1COC(C)(C)N1C(=O)OC(C)(C)C. The molecule has 1 aliphatic heterocycles. The van der Waals surface area contributed by atoms with Crippen molar-refractivity contribution < 1.29 is 19.1 Å². The van der Waals surface area contributed by atoms with Crippen molar-refractivity contribution in [2.45, 2.75) is 58.9 Å². The molecule has 1 amide bonds. The molecule has 0 aromatic heterocycles. The van der Waals surface area contributed by atoms with Crippen LogP contribution in [-0.2, 0) is 14.3 Å². The molecule has 0 radical (unpaired) electrons. The minimum atomic E-state index is -0.807. The number of hydrogen-bond donors (Lipinski definition) is 0. The molecular weight excluding hydrogens is 222 g/mol. The number of carbonyl (C=O) groups excluding carboxylic acids is 2. The number of ketones is 1. The van der Waals surface area contributed by atoms with Crippen LogP contribution in [0.2, 0.25) is 0 Å². The van der Waals surface area contributed by atoms with E-state index in [0.717, 1.165) is 0 Å². The lowest BCUT2D eigenvalue weighted by Gasteiger charge is -2.34. The third kappa shape index (κ3) is 3.19. The summed E-state index contributed by atoms with van der Waals surface area (Å²) in [5.74, 6) is -0.0959. The van der Waals surface area contributed by atoms with Gasteiger partial charge in [-0.1, -0.05) is 0 Å². The van der Waals surface area contributed by atoms with Crippen LogP contribution in [0.3, 0.4) is 0 Å². The molecule has 0 aliphatic carbocycles. The molecule has 0 aromatic rings. The quantitative estimate of drug-likeness (QED) is 0.706. The molecule has 0 aromatic carbocycles. The van der Waals surface area contributed by atoms with Crippen molar-refractivity contribution >= 4 is 11.9 Å². The predicted octanol–water partition coefficient (Wildman–Crippen LogP) is 1.95. The van der Waals surface area contributed by atoms with E-state index in [2.05, 4.69) is 0 Å². The first-order valence-electron chi connectivity index (χ1n) is 5.71. The minimum absolute atomic E-state index is 0.0959. The van der Waals surface area contributed by atoms with Gasteiger partial charge < -0.3 is 9.47 Å². The third-order valence-corrected chi connectivity index (χ3v) is 2.55. The van der Waals surface area contributed by atoms with E-state index in [1.54, 1.807) is 34.6 Å². The smallest absolute Gasteiger partial charge is 0.413 e. The van der Waals surface area contributed by atoms with Crippen LogP contribution in [0, 0.1) is 0 Å². The monoisotopic (exact) mass is 243 g/mol. The molecule has 0 unspecified atom stereocenters. The molecule has 0 spiro atoms. The third-order valence-electron chi connectivity index (χ3n) is 2.55. The second-order valence-corrected chi connectivity index (χ2v) is 5.73. The van der Waals surface area contributed by atoms with Crippen molar-refractivity contribution in [1.82, 2.24) is 4.90 Å². The van der Waals surface area contributed by atoms with Crippen LogP contribution in [0.15, 0.2) is 0 Å². The van der Waals surface area contributed by atoms with Crippen molar-refractivity contribution in [3.8, 4) is 0 Å².